The van der Waals surface area contributed by atoms with E-state index in [0.717, 1.165) is 5.69 Å². The summed E-state index contributed by atoms with van der Waals surface area (Å²) in [5.74, 6) is -1.18. The largest absolute Gasteiger partial charge is 0.325 e. The fourth-order valence-electron chi connectivity index (χ4n) is 2.31. The number of nitrogens with zero attached hydrogens (tertiary/aromatic N) is 2. The molecule has 0 fully saturated rings. The van der Waals surface area contributed by atoms with Crippen molar-refractivity contribution in [1.82, 2.24) is 15.2 Å². The van der Waals surface area contributed by atoms with E-state index < -0.39 is 22.7 Å². The van der Waals surface area contributed by atoms with Gasteiger partial charge in [0.2, 0.25) is 5.95 Å². The molecular formula is C16H19Cl3FN5O. The second kappa shape index (κ2) is 9.32. The molecule has 4 N–H and O–H groups in total. The van der Waals surface area contributed by atoms with Crippen LogP contribution in [-0.2, 0) is 4.79 Å². The number of hydrogen-bond acceptors (Lipinski definition) is 4. The van der Waals surface area contributed by atoms with E-state index in [1.807, 2.05) is 0 Å². The topological polar surface area (TPSA) is 96.7 Å². The second-order valence-corrected chi connectivity index (χ2v) is 6.77. The molecule has 26 heavy (non-hydrogen) atoms. The number of nitrogens with two attached hydrogens (primary N) is 1. The number of halogens is 4. The van der Waals surface area contributed by atoms with E-state index >= 15 is 0 Å². The van der Waals surface area contributed by atoms with Crippen LogP contribution in [0.1, 0.15) is 17.8 Å². The Morgan fingerprint density at radius 3 is 2.58 bits per heavy atom. The Hall–Kier alpha value is -1.67. The fraction of sp³-hybridized carbons (Fsp3) is 0.312. The lowest BCUT2D eigenvalue weighted by molar-refractivity contribution is -0.113. The van der Waals surface area contributed by atoms with Gasteiger partial charge in [0.15, 0.2) is 0 Å². The average molecular weight is 423 g/mol. The highest BCUT2D eigenvalue weighted by molar-refractivity contribution is 6.44. The van der Waals surface area contributed by atoms with Crippen molar-refractivity contribution in [3.8, 4) is 11.1 Å². The Labute approximate surface area is 166 Å². The summed E-state index contributed by atoms with van der Waals surface area (Å²) in [4.78, 5) is 15.0. The third-order valence-corrected chi connectivity index (χ3v) is 4.26. The van der Waals surface area contributed by atoms with E-state index in [4.69, 9.17) is 28.9 Å². The molecule has 0 spiro atoms. The normalized spacial score (nSPS) is 11.8. The van der Waals surface area contributed by atoms with E-state index in [2.05, 4.69) is 27.1 Å². The number of nitrogens with one attached hydrogen (secondary N) is 2. The summed E-state index contributed by atoms with van der Waals surface area (Å²) < 4.78 is 14.4. The van der Waals surface area contributed by atoms with Gasteiger partial charge in [-0.25, -0.2) is 4.98 Å². The summed E-state index contributed by atoms with van der Waals surface area (Å²) in [6.45, 7) is 7.19. The van der Waals surface area contributed by atoms with Crippen molar-refractivity contribution in [2.24, 2.45) is 5.73 Å². The van der Waals surface area contributed by atoms with Crippen LogP contribution < -0.4 is 11.1 Å². The number of pyridine rings is 1. The molecule has 0 radical (unpaired) electrons. The number of aromatic nitrogens is 3. The third kappa shape index (κ3) is 5.17. The van der Waals surface area contributed by atoms with Crippen LogP contribution in [0.15, 0.2) is 24.3 Å². The number of alkyl halides is 2. The maximum absolute atomic E-state index is 14.4. The van der Waals surface area contributed by atoms with E-state index in [9.17, 15) is 9.18 Å². The van der Waals surface area contributed by atoms with E-state index in [0.29, 0.717) is 16.8 Å². The molecule has 0 bridgehead atoms. The lowest BCUT2D eigenvalue weighted by Crippen LogP contribution is -2.30. The molecule has 6 nitrogen and oxygen atoms in total. The molecule has 142 valence electrons. The van der Waals surface area contributed by atoms with E-state index in [-0.39, 0.29) is 30.2 Å². The van der Waals surface area contributed by atoms with Crippen LogP contribution in [0.2, 0.25) is 0 Å². The number of aromatic amines is 1. The predicted octanol–water partition coefficient (Wildman–Crippen LogP) is 3.67. The van der Waals surface area contributed by atoms with Crippen LogP contribution in [0.3, 0.4) is 0 Å². The number of rotatable bonds is 6. The van der Waals surface area contributed by atoms with Crippen LogP contribution in [0.25, 0.3) is 11.1 Å². The number of carbonyl (C=O) groups is 1. The minimum absolute atomic E-state index is 0. The molecule has 2 aromatic rings. The molecular weight excluding hydrogens is 404 g/mol. The van der Waals surface area contributed by atoms with Gasteiger partial charge in [-0.05, 0) is 32.4 Å². The quantitative estimate of drug-likeness (QED) is 0.376. The van der Waals surface area contributed by atoms with Crippen molar-refractivity contribution in [2.45, 2.75) is 31.1 Å². The van der Waals surface area contributed by atoms with Crippen LogP contribution in [-0.4, -0.2) is 32.0 Å². The number of aryl methyl sites for hydroxylation is 2. The molecule has 2 aromatic heterocycles. The van der Waals surface area contributed by atoms with Crippen molar-refractivity contribution >= 4 is 47.3 Å². The Morgan fingerprint density at radius 1 is 1.42 bits per heavy atom. The number of hydrogen-bond donors (Lipinski definition) is 3. The van der Waals surface area contributed by atoms with Gasteiger partial charge in [0.05, 0.1) is 5.69 Å². The van der Waals surface area contributed by atoms with Crippen LogP contribution in [0, 0.1) is 19.8 Å². The Morgan fingerprint density at radius 2 is 2.08 bits per heavy atom. The number of carbonyl (C=O) groups excluding carboxylic acids is 1. The highest BCUT2D eigenvalue weighted by atomic mass is 35.5. The highest BCUT2D eigenvalue weighted by Gasteiger charge is 2.19. The molecule has 2 rings (SSSR count). The summed E-state index contributed by atoms with van der Waals surface area (Å²) in [5, 5.41) is 9.30. The van der Waals surface area contributed by atoms with Crippen molar-refractivity contribution in [3.05, 3.63) is 41.6 Å². The smallest absolute Gasteiger partial charge is 0.252 e. The van der Waals surface area contributed by atoms with Crippen molar-refractivity contribution in [2.75, 3.05) is 5.32 Å². The van der Waals surface area contributed by atoms with Gasteiger partial charge in [0, 0.05) is 28.4 Å². The van der Waals surface area contributed by atoms with Crippen molar-refractivity contribution < 1.29 is 9.18 Å². The molecule has 0 saturated carbocycles. The molecule has 0 aromatic carbocycles. The minimum Gasteiger partial charge on any atom is -0.325 e. The van der Waals surface area contributed by atoms with Gasteiger partial charge in [0.25, 0.3) is 5.91 Å². The second-order valence-electron chi connectivity index (χ2n) is 5.60. The Kier molecular flexibility index (Phi) is 8.02. The molecule has 0 aliphatic heterocycles. The number of H-pyrrole nitrogens is 1. The fourth-order valence-corrected chi connectivity index (χ4v) is 2.49. The standard InChI is InChI=1S/C16H18Cl2FN5O.ClH/c1-7(6-11(20)14(17)18)16(25)22-12-5-4-10(15(19)21-12)13-8(2)23-24-9(13)3;/h4-5,11,14H,1,6,20H2,2-3H3,(H,23,24)(H,21,22,25);1H/t11-;/m0./s1. The first-order chi connectivity index (χ1) is 11.7. The average Bonchev–Trinajstić information content (AvgIpc) is 2.86. The molecule has 1 amide bonds. The zero-order chi connectivity index (χ0) is 18.7. The first-order valence-corrected chi connectivity index (χ1v) is 8.29. The molecule has 0 aliphatic rings. The summed E-state index contributed by atoms with van der Waals surface area (Å²) in [5.41, 5.74) is 8.20. The van der Waals surface area contributed by atoms with Crippen LogP contribution in [0.5, 0.6) is 0 Å². The lowest BCUT2D eigenvalue weighted by Gasteiger charge is -2.14. The number of anilines is 1. The summed E-state index contributed by atoms with van der Waals surface area (Å²) in [6, 6.07) is 2.41. The molecule has 2 heterocycles. The van der Waals surface area contributed by atoms with E-state index in [1.165, 1.54) is 12.1 Å². The van der Waals surface area contributed by atoms with Gasteiger partial charge in [-0.1, -0.05) is 6.58 Å². The zero-order valence-corrected chi connectivity index (χ0v) is 16.5. The predicted molar refractivity (Wildman–Crippen MR) is 104 cm³/mol. The zero-order valence-electron chi connectivity index (χ0n) is 14.1. The lowest BCUT2D eigenvalue weighted by atomic mass is 10.1. The monoisotopic (exact) mass is 421 g/mol. The van der Waals surface area contributed by atoms with Crippen LogP contribution >= 0.6 is 35.6 Å². The molecule has 0 unspecified atom stereocenters. The maximum Gasteiger partial charge on any atom is 0.252 e. The highest BCUT2D eigenvalue weighted by Crippen LogP contribution is 2.28. The maximum atomic E-state index is 14.4. The van der Waals surface area contributed by atoms with Crippen molar-refractivity contribution in [1.29, 1.82) is 0 Å². The molecule has 0 aliphatic carbocycles. The molecule has 10 heteroatoms. The van der Waals surface area contributed by atoms with Gasteiger partial charge >= 0.3 is 0 Å². The van der Waals surface area contributed by atoms with Gasteiger partial charge in [0.1, 0.15) is 10.7 Å². The van der Waals surface area contributed by atoms with Gasteiger partial charge in [-0.2, -0.15) is 9.49 Å². The van der Waals surface area contributed by atoms with Gasteiger partial charge in [-0.15, -0.1) is 35.6 Å². The molecule has 0 saturated heterocycles. The number of amides is 1. The van der Waals surface area contributed by atoms with Gasteiger partial charge in [-0.3, -0.25) is 9.89 Å². The summed E-state index contributed by atoms with van der Waals surface area (Å²) >= 11 is 11.3. The van der Waals surface area contributed by atoms with E-state index in [1.54, 1.807) is 13.8 Å². The minimum atomic E-state index is -0.819. The third-order valence-electron chi connectivity index (χ3n) is 3.61. The SMILES string of the molecule is C=C(C[C@H](N)C(Cl)Cl)C(=O)Nc1ccc(-c2c(C)n[nH]c2C)c(F)n1.Cl. The summed E-state index contributed by atoms with van der Waals surface area (Å²) in [7, 11) is 0. The summed E-state index contributed by atoms with van der Waals surface area (Å²) in [6.07, 6.45) is 0.109. The Balaban J connectivity index is 0.00000338. The first-order valence-electron chi connectivity index (χ1n) is 7.42. The van der Waals surface area contributed by atoms with Crippen LogP contribution in [0.4, 0.5) is 10.2 Å². The van der Waals surface area contributed by atoms with Gasteiger partial charge < -0.3 is 11.1 Å². The molecule has 1 atom stereocenters. The Bertz CT molecular complexity index is 790. The van der Waals surface area contributed by atoms with Crippen molar-refractivity contribution in [3.63, 3.8) is 0 Å². The first kappa shape index (κ1) is 22.4.